The van der Waals surface area contributed by atoms with E-state index < -0.39 is 5.38 Å². The quantitative estimate of drug-likeness (QED) is 0.316. The lowest BCUT2D eigenvalue weighted by atomic mass is 10.1. The predicted octanol–water partition coefficient (Wildman–Crippen LogP) is 5.21. The Morgan fingerprint density at radius 3 is 2.50 bits per heavy atom. The first-order valence-electron chi connectivity index (χ1n) is 12.4. The van der Waals surface area contributed by atoms with Gasteiger partial charge >= 0.3 is 0 Å². The molecule has 2 aromatic carbocycles. The number of ether oxygens (including phenoxy) is 2. The highest BCUT2D eigenvalue weighted by Gasteiger charge is 2.26. The minimum absolute atomic E-state index is 0.0271. The zero-order valence-electron chi connectivity index (χ0n) is 21.5. The number of hydrogen-bond acceptors (Lipinski definition) is 6. The number of benzene rings is 2. The van der Waals surface area contributed by atoms with Gasteiger partial charge in [0.15, 0.2) is 16.9 Å². The first-order valence-corrected chi connectivity index (χ1v) is 13.2. The normalized spacial score (nSPS) is 13.1. The molecule has 8 nitrogen and oxygen atoms in total. The molecule has 202 valence electrons. The van der Waals surface area contributed by atoms with Gasteiger partial charge in [-0.25, -0.2) is 0 Å². The van der Waals surface area contributed by atoms with E-state index in [1.54, 1.807) is 37.3 Å². The van der Waals surface area contributed by atoms with Crippen LogP contribution in [0.25, 0.3) is 11.0 Å². The molecule has 10 heteroatoms. The fraction of sp³-hybridized carbons (Fsp3) is 0.393. The van der Waals surface area contributed by atoms with Crippen LogP contribution < -0.4 is 14.9 Å². The maximum atomic E-state index is 13.7. The molecular weight excluding hydrogens is 531 g/mol. The summed E-state index contributed by atoms with van der Waals surface area (Å²) >= 11 is 12.2. The number of carbonyl (C=O) groups is 2. The van der Waals surface area contributed by atoms with Crippen molar-refractivity contribution in [1.82, 2.24) is 9.80 Å². The Labute approximate surface area is 231 Å². The topological polar surface area (TPSA) is 89.3 Å². The van der Waals surface area contributed by atoms with Crippen molar-refractivity contribution in [3.8, 4) is 11.5 Å². The molecule has 1 atom stereocenters. The maximum Gasteiger partial charge on any atom is 0.242 e. The Hall–Kier alpha value is -3.23. The van der Waals surface area contributed by atoms with Crippen LogP contribution in [0.4, 0.5) is 0 Å². The van der Waals surface area contributed by atoms with Crippen molar-refractivity contribution in [2.24, 2.45) is 5.92 Å². The van der Waals surface area contributed by atoms with Crippen LogP contribution in [0.3, 0.4) is 0 Å². The molecule has 1 aliphatic rings. The second kappa shape index (κ2) is 12.1. The summed E-state index contributed by atoms with van der Waals surface area (Å²) in [5, 5.41) is -0.0329. The van der Waals surface area contributed by atoms with Gasteiger partial charge in [0.25, 0.3) is 0 Å². The van der Waals surface area contributed by atoms with Gasteiger partial charge in [-0.2, -0.15) is 0 Å². The number of halogens is 2. The lowest BCUT2D eigenvalue weighted by Crippen LogP contribution is -2.45. The number of carbonyl (C=O) groups excluding carboxylic acids is 2. The molecule has 0 bridgehead atoms. The van der Waals surface area contributed by atoms with Crippen LogP contribution in [-0.2, 0) is 22.7 Å². The van der Waals surface area contributed by atoms with Gasteiger partial charge in [0.05, 0.1) is 30.3 Å². The van der Waals surface area contributed by atoms with Crippen molar-refractivity contribution in [3.05, 3.63) is 69.0 Å². The van der Waals surface area contributed by atoms with Crippen LogP contribution in [0.15, 0.2) is 51.9 Å². The van der Waals surface area contributed by atoms with E-state index in [9.17, 15) is 14.4 Å². The van der Waals surface area contributed by atoms with E-state index in [0.29, 0.717) is 45.5 Å². The van der Waals surface area contributed by atoms with Crippen molar-refractivity contribution in [1.29, 1.82) is 0 Å². The fourth-order valence-electron chi connectivity index (χ4n) is 4.15. The number of nitrogens with zero attached hydrogens (tertiary/aromatic N) is 2. The Balaban J connectivity index is 1.64. The molecule has 2 heterocycles. The summed E-state index contributed by atoms with van der Waals surface area (Å²) in [5.41, 5.74) is 1.19. The minimum Gasteiger partial charge on any atom is -0.464 e. The number of hydrogen-bond donors (Lipinski definition) is 0. The van der Waals surface area contributed by atoms with Gasteiger partial charge in [-0.15, -0.1) is 11.6 Å². The van der Waals surface area contributed by atoms with E-state index >= 15 is 0 Å². The molecule has 0 radical (unpaired) electrons. The third kappa shape index (κ3) is 6.60. The predicted molar refractivity (Wildman–Crippen MR) is 146 cm³/mol. The highest BCUT2D eigenvalue weighted by molar-refractivity contribution is 6.31. The first kappa shape index (κ1) is 27.8. The second-order valence-corrected chi connectivity index (χ2v) is 10.8. The molecule has 0 N–H and O–H groups in total. The van der Waals surface area contributed by atoms with Crippen molar-refractivity contribution in [2.75, 3.05) is 19.9 Å². The molecule has 1 aromatic heterocycles. The van der Waals surface area contributed by atoms with Gasteiger partial charge in [-0.05, 0) is 55.2 Å². The molecule has 3 aromatic rings. The summed E-state index contributed by atoms with van der Waals surface area (Å²) in [6, 6.07) is 10.2. The van der Waals surface area contributed by atoms with Crippen molar-refractivity contribution >= 4 is 46.0 Å². The summed E-state index contributed by atoms with van der Waals surface area (Å²) in [4.78, 5) is 42.8. The number of amides is 2. The molecule has 1 unspecified atom stereocenters. The summed E-state index contributed by atoms with van der Waals surface area (Å²) < 4.78 is 16.5. The van der Waals surface area contributed by atoms with Crippen LogP contribution in [-0.4, -0.2) is 46.9 Å². The van der Waals surface area contributed by atoms with Crippen LogP contribution in [0, 0.1) is 5.92 Å². The largest absolute Gasteiger partial charge is 0.464 e. The van der Waals surface area contributed by atoms with Gasteiger partial charge < -0.3 is 23.7 Å². The number of alkyl halides is 1. The van der Waals surface area contributed by atoms with Crippen LogP contribution in [0.2, 0.25) is 5.02 Å². The van der Waals surface area contributed by atoms with Crippen LogP contribution in [0.5, 0.6) is 11.5 Å². The van der Waals surface area contributed by atoms with Crippen molar-refractivity contribution in [3.63, 3.8) is 0 Å². The zero-order valence-corrected chi connectivity index (χ0v) is 23.1. The maximum absolute atomic E-state index is 13.7. The van der Waals surface area contributed by atoms with E-state index in [-0.39, 0.29) is 43.7 Å². The van der Waals surface area contributed by atoms with E-state index in [4.69, 9.17) is 37.1 Å². The molecule has 38 heavy (non-hydrogen) atoms. The van der Waals surface area contributed by atoms with Gasteiger partial charge in [-0.1, -0.05) is 31.5 Å². The van der Waals surface area contributed by atoms with Gasteiger partial charge in [0, 0.05) is 18.1 Å². The highest BCUT2D eigenvalue weighted by Crippen LogP contribution is 2.33. The van der Waals surface area contributed by atoms with E-state index in [2.05, 4.69) is 0 Å². The standard InChI is InChI=1S/C28H30Cl2N2O6/c1-17(2)8-9-31(28(35)18(3)29)14-26(33)32(12-19-4-6-24-25(10-19)38-16-37-24)13-20-15-36-23-7-5-21(30)11-22(23)27(20)34/h4-7,10-11,15,17-18H,8-9,12-14,16H2,1-3H3. The van der Waals surface area contributed by atoms with Crippen molar-refractivity contribution in [2.45, 2.75) is 45.7 Å². The lowest BCUT2D eigenvalue weighted by Gasteiger charge is -2.29. The SMILES string of the molecule is CC(C)CCN(CC(=O)N(Cc1ccc2c(c1)OCO2)Cc1coc2ccc(Cl)cc2c1=O)C(=O)C(C)Cl. The molecule has 2 amide bonds. The number of fused-ring (bicyclic) bond motifs is 2. The van der Waals surface area contributed by atoms with Gasteiger partial charge in [0.2, 0.25) is 18.6 Å². The van der Waals surface area contributed by atoms with E-state index in [1.165, 1.54) is 16.1 Å². The molecule has 0 saturated heterocycles. The van der Waals surface area contributed by atoms with Gasteiger partial charge in [0.1, 0.15) is 11.0 Å². The average Bonchev–Trinajstić information content (AvgIpc) is 3.35. The zero-order chi connectivity index (χ0) is 27.4. The monoisotopic (exact) mass is 560 g/mol. The summed E-state index contributed by atoms with van der Waals surface area (Å²) in [7, 11) is 0. The third-order valence-corrected chi connectivity index (χ3v) is 6.71. The molecular formula is C28H30Cl2N2O6. The molecule has 0 aliphatic carbocycles. The van der Waals surface area contributed by atoms with E-state index in [1.807, 2.05) is 19.9 Å². The Kier molecular flexibility index (Phi) is 8.84. The summed E-state index contributed by atoms with van der Waals surface area (Å²) in [6.07, 6.45) is 2.08. The van der Waals surface area contributed by atoms with Crippen molar-refractivity contribution < 1.29 is 23.5 Å². The minimum atomic E-state index is -0.769. The Morgan fingerprint density at radius 1 is 1.00 bits per heavy atom. The van der Waals surface area contributed by atoms with Gasteiger partial charge in [-0.3, -0.25) is 14.4 Å². The lowest BCUT2D eigenvalue weighted by molar-refractivity contribution is -0.141. The van der Waals surface area contributed by atoms with E-state index in [0.717, 1.165) is 12.0 Å². The smallest absolute Gasteiger partial charge is 0.242 e. The fourth-order valence-corrected chi connectivity index (χ4v) is 4.46. The number of rotatable bonds is 10. The molecule has 0 fully saturated rings. The second-order valence-electron chi connectivity index (χ2n) is 9.73. The Bertz CT molecular complexity index is 1390. The summed E-state index contributed by atoms with van der Waals surface area (Å²) in [5.74, 6) is 0.899. The summed E-state index contributed by atoms with van der Waals surface area (Å²) in [6.45, 7) is 6.19. The Morgan fingerprint density at radius 2 is 1.76 bits per heavy atom. The van der Waals surface area contributed by atoms with Crippen LogP contribution >= 0.6 is 23.2 Å². The third-order valence-electron chi connectivity index (χ3n) is 6.28. The first-order chi connectivity index (χ1) is 18.1. The highest BCUT2D eigenvalue weighted by atomic mass is 35.5. The molecule has 0 spiro atoms. The molecule has 1 aliphatic heterocycles. The molecule has 0 saturated carbocycles. The molecule has 4 rings (SSSR count). The van der Waals surface area contributed by atoms with Crippen LogP contribution in [0.1, 0.15) is 38.3 Å². The average molecular weight is 561 g/mol.